The molecule has 0 aliphatic carbocycles. The van der Waals surface area contributed by atoms with Gasteiger partial charge in [0.2, 0.25) is 0 Å². The molecule has 122 valence electrons. The first-order valence-corrected chi connectivity index (χ1v) is 7.63. The second-order valence-electron chi connectivity index (χ2n) is 5.31. The van der Waals surface area contributed by atoms with E-state index in [2.05, 4.69) is 15.6 Å². The highest BCUT2D eigenvalue weighted by atomic mass is 16.5. The highest BCUT2D eigenvalue weighted by molar-refractivity contribution is 5.92. The molecule has 0 fully saturated rings. The predicted molar refractivity (Wildman–Crippen MR) is 96.9 cm³/mol. The lowest BCUT2D eigenvalue weighted by atomic mass is 10.2. The molecule has 0 saturated carbocycles. The summed E-state index contributed by atoms with van der Waals surface area (Å²) in [7, 11) is 1.69. The summed E-state index contributed by atoms with van der Waals surface area (Å²) in [5.41, 5.74) is 10.2. The van der Waals surface area contributed by atoms with Gasteiger partial charge >= 0.3 is 0 Å². The van der Waals surface area contributed by atoms with Gasteiger partial charge in [0, 0.05) is 25.0 Å². The van der Waals surface area contributed by atoms with Crippen molar-refractivity contribution in [3.05, 3.63) is 59.7 Å². The molecule has 0 bridgehead atoms. The van der Waals surface area contributed by atoms with Gasteiger partial charge < -0.3 is 21.1 Å². The fourth-order valence-corrected chi connectivity index (χ4v) is 2.11. The molecule has 0 radical (unpaired) electrons. The predicted octanol–water partition coefficient (Wildman–Crippen LogP) is 2.98. The molecular formula is C18H24N4O. The SMILES string of the molecule is COCCNc1ccc(CN=C(N)Nc2cccc(C)c2)cc1. The summed E-state index contributed by atoms with van der Waals surface area (Å²) in [6.07, 6.45) is 0. The Morgan fingerprint density at radius 3 is 2.61 bits per heavy atom. The first-order chi connectivity index (χ1) is 11.2. The average molecular weight is 312 g/mol. The first-order valence-electron chi connectivity index (χ1n) is 7.63. The van der Waals surface area contributed by atoms with Crippen LogP contribution < -0.4 is 16.4 Å². The number of aliphatic imine (C=N–C) groups is 1. The maximum atomic E-state index is 5.93. The Morgan fingerprint density at radius 2 is 1.91 bits per heavy atom. The van der Waals surface area contributed by atoms with Crippen LogP contribution >= 0.6 is 0 Å². The molecule has 0 unspecified atom stereocenters. The topological polar surface area (TPSA) is 71.7 Å². The minimum absolute atomic E-state index is 0.415. The third kappa shape index (κ3) is 6.00. The number of hydrogen-bond donors (Lipinski definition) is 3. The van der Waals surface area contributed by atoms with Gasteiger partial charge in [-0.05, 0) is 42.3 Å². The van der Waals surface area contributed by atoms with E-state index >= 15 is 0 Å². The second-order valence-corrected chi connectivity index (χ2v) is 5.31. The van der Waals surface area contributed by atoms with Crippen LogP contribution in [0, 0.1) is 6.92 Å². The van der Waals surface area contributed by atoms with Gasteiger partial charge in [-0.1, -0.05) is 24.3 Å². The molecule has 0 aliphatic rings. The van der Waals surface area contributed by atoms with Crippen LogP contribution in [-0.2, 0) is 11.3 Å². The molecule has 23 heavy (non-hydrogen) atoms. The number of rotatable bonds is 7. The zero-order chi connectivity index (χ0) is 16.5. The van der Waals surface area contributed by atoms with Gasteiger partial charge in [0.05, 0.1) is 13.2 Å². The number of nitrogens with one attached hydrogen (secondary N) is 2. The number of benzene rings is 2. The van der Waals surface area contributed by atoms with E-state index in [0.29, 0.717) is 19.1 Å². The standard InChI is InChI=1S/C18H24N4O/c1-14-4-3-5-17(12-14)22-18(19)21-13-15-6-8-16(9-7-15)20-10-11-23-2/h3-9,12,20H,10-11,13H2,1-2H3,(H3,19,21,22). The molecule has 2 aromatic carbocycles. The largest absolute Gasteiger partial charge is 0.383 e. The Hall–Kier alpha value is -2.53. The minimum atomic E-state index is 0.415. The molecule has 0 aliphatic heterocycles. The Balaban J connectivity index is 1.86. The summed E-state index contributed by atoms with van der Waals surface area (Å²) in [5.74, 6) is 0.415. The molecule has 2 rings (SSSR count). The zero-order valence-electron chi connectivity index (χ0n) is 13.7. The maximum Gasteiger partial charge on any atom is 0.193 e. The first kappa shape index (κ1) is 16.8. The Labute approximate surface area is 137 Å². The van der Waals surface area contributed by atoms with Crippen LogP contribution in [0.15, 0.2) is 53.5 Å². The number of nitrogens with zero attached hydrogens (tertiary/aromatic N) is 1. The Morgan fingerprint density at radius 1 is 1.13 bits per heavy atom. The summed E-state index contributed by atoms with van der Waals surface area (Å²) in [6, 6.07) is 16.2. The zero-order valence-corrected chi connectivity index (χ0v) is 13.7. The van der Waals surface area contributed by atoms with Gasteiger partial charge in [-0.3, -0.25) is 0 Å². The van der Waals surface area contributed by atoms with E-state index in [1.165, 1.54) is 5.56 Å². The van der Waals surface area contributed by atoms with E-state index < -0.39 is 0 Å². The summed E-state index contributed by atoms with van der Waals surface area (Å²) in [5, 5.41) is 6.38. The van der Waals surface area contributed by atoms with Gasteiger partial charge in [0.15, 0.2) is 5.96 Å². The van der Waals surface area contributed by atoms with Crippen LogP contribution in [0.5, 0.6) is 0 Å². The lowest BCUT2D eigenvalue weighted by Crippen LogP contribution is -2.22. The molecule has 4 N–H and O–H groups in total. The van der Waals surface area contributed by atoms with Crippen LogP contribution in [0.1, 0.15) is 11.1 Å². The third-order valence-electron chi connectivity index (χ3n) is 3.31. The number of anilines is 2. The summed E-state index contributed by atoms with van der Waals surface area (Å²) in [6.45, 7) is 4.07. The highest BCUT2D eigenvalue weighted by Gasteiger charge is 1.97. The molecule has 5 nitrogen and oxygen atoms in total. The Kier molecular flexibility index (Phi) is 6.44. The van der Waals surface area contributed by atoms with Gasteiger partial charge in [-0.25, -0.2) is 4.99 Å². The number of ether oxygens (including phenoxy) is 1. The average Bonchev–Trinajstić information content (AvgIpc) is 2.54. The van der Waals surface area contributed by atoms with E-state index in [9.17, 15) is 0 Å². The van der Waals surface area contributed by atoms with Gasteiger partial charge in [-0.2, -0.15) is 0 Å². The van der Waals surface area contributed by atoms with Crippen molar-refractivity contribution in [2.75, 3.05) is 30.9 Å². The molecular weight excluding hydrogens is 288 g/mol. The number of aryl methyl sites for hydroxylation is 1. The number of guanidine groups is 1. The molecule has 0 saturated heterocycles. The van der Waals surface area contributed by atoms with Crippen LogP contribution in [0.2, 0.25) is 0 Å². The van der Waals surface area contributed by atoms with Crippen molar-refractivity contribution in [2.45, 2.75) is 13.5 Å². The number of nitrogens with two attached hydrogens (primary N) is 1. The fourth-order valence-electron chi connectivity index (χ4n) is 2.11. The summed E-state index contributed by atoms with van der Waals surface area (Å²) >= 11 is 0. The lowest BCUT2D eigenvalue weighted by Gasteiger charge is -2.07. The highest BCUT2D eigenvalue weighted by Crippen LogP contribution is 2.11. The monoisotopic (exact) mass is 312 g/mol. The molecule has 0 atom stereocenters. The van der Waals surface area contributed by atoms with Crippen LogP contribution in [-0.4, -0.2) is 26.2 Å². The van der Waals surface area contributed by atoms with Crippen molar-refractivity contribution >= 4 is 17.3 Å². The van der Waals surface area contributed by atoms with Gasteiger partial charge in [0.1, 0.15) is 0 Å². The van der Waals surface area contributed by atoms with Crippen molar-refractivity contribution in [2.24, 2.45) is 10.7 Å². The summed E-state index contributed by atoms with van der Waals surface area (Å²) in [4.78, 5) is 4.37. The van der Waals surface area contributed by atoms with Crippen molar-refractivity contribution in [3.8, 4) is 0 Å². The van der Waals surface area contributed by atoms with Crippen molar-refractivity contribution < 1.29 is 4.74 Å². The van der Waals surface area contributed by atoms with Gasteiger partial charge in [0.25, 0.3) is 0 Å². The smallest absolute Gasteiger partial charge is 0.193 e. The number of hydrogen-bond acceptors (Lipinski definition) is 3. The van der Waals surface area contributed by atoms with Crippen LogP contribution in [0.3, 0.4) is 0 Å². The van der Waals surface area contributed by atoms with E-state index in [4.69, 9.17) is 10.5 Å². The minimum Gasteiger partial charge on any atom is -0.383 e. The molecule has 0 amide bonds. The lowest BCUT2D eigenvalue weighted by molar-refractivity contribution is 0.211. The normalized spacial score (nSPS) is 11.3. The summed E-state index contributed by atoms with van der Waals surface area (Å²) < 4.78 is 5.01. The van der Waals surface area contributed by atoms with Gasteiger partial charge in [-0.15, -0.1) is 0 Å². The van der Waals surface area contributed by atoms with Crippen LogP contribution in [0.4, 0.5) is 11.4 Å². The van der Waals surface area contributed by atoms with E-state index in [0.717, 1.165) is 23.5 Å². The second kappa shape index (κ2) is 8.80. The third-order valence-corrected chi connectivity index (χ3v) is 3.31. The molecule has 5 heteroatoms. The van der Waals surface area contributed by atoms with Crippen molar-refractivity contribution in [1.82, 2.24) is 0 Å². The molecule has 0 heterocycles. The number of methoxy groups -OCH3 is 1. The van der Waals surface area contributed by atoms with E-state index in [-0.39, 0.29) is 0 Å². The fraction of sp³-hybridized carbons (Fsp3) is 0.278. The van der Waals surface area contributed by atoms with Crippen LogP contribution in [0.25, 0.3) is 0 Å². The maximum absolute atomic E-state index is 5.93. The molecule has 0 spiro atoms. The molecule has 2 aromatic rings. The van der Waals surface area contributed by atoms with Crippen molar-refractivity contribution in [3.63, 3.8) is 0 Å². The Bertz CT molecular complexity index is 638. The molecule has 0 aromatic heterocycles. The van der Waals surface area contributed by atoms with E-state index in [1.54, 1.807) is 7.11 Å². The quantitative estimate of drug-likeness (QED) is 0.417. The van der Waals surface area contributed by atoms with Crippen molar-refractivity contribution in [1.29, 1.82) is 0 Å². The van der Waals surface area contributed by atoms with E-state index in [1.807, 2.05) is 55.5 Å².